The molecular weight excluding hydrogens is 292 g/mol. The Morgan fingerprint density at radius 3 is 2.78 bits per heavy atom. The SMILES string of the molecule is COc1cccc(C(CN)C2CCN(C(=O)OC(C)(C)C)C2)c1. The van der Waals surface area contributed by atoms with Crippen LogP contribution in [0.5, 0.6) is 5.75 Å². The van der Waals surface area contributed by atoms with E-state index in [-0.39, 0.29) is 12.0 Å². The summed E-state index contributed by atoms with van der Waals surface area (Å²) in [6.45, 7) is 7.63. The summed E-state index contributed by atoms with van der Waals surface area (Å²) in [6.07, 6.45) is 0.708. The molecule has 1 heterocycles. The van der Waals surface area contributed by atoms with Gasteiger partial charge in [-0.25, -0.2) is 4.79 Å². The zero-order chi connectivity index (χ0) is 17.0. The van der Waals surface area contributed by atoms with Gasteiger partial charge in [-0.15, -0.1) is 0 Å². The first-order valence-corrected chi connectivity index (χ1v) is 8.16. The molecule has 0 spiro atoms. The van der Waals surface area contributed by atoms with Crippen LogP contribution in [0.15, 0.2) is 24.3 Å². The van der Waals surface area contributed by atoms with Crippen molar-refractivity contribution in [3.8, 4) is 5.75 Å². The number of carbonyl (C=O) groups excluding carboxylic acids is 1. The molecule has 23 heavy (non-hydrogen) atoms. The Morgan fingerprint density at radius 1 is 1.43 bits per heavy atom. The fourth-order valence-corrected chi connectivity index (χ4v) is 3.08. The van der Waals surface area contributed by atoms with Crippen molar-refractivity contribution in [2.45, 2.75) is 38.7 Å². The van der Waals surface area contributed by atoms with Crippen molar-refractivity contribution in [3.05, 3.63) is 29.8 Å². The lowest BCUT2D eigenvalue weighted by Crippen LogP contribution is -2.36. The van der Waals surface area contributed by atoms with Gasteiger partial charge in [0.25, 0.3) is 0 Å². The van der Waals surface area contributed by atoms with Crippen LogP contribution in [0.1, 0.15) is 38.7 Å². The summed E-state index contributed by atoms with van der Waals surface area (Å²) in [5.74, 6) is 1.40. The molecule has 0 aromatic heterocycles. The fraction of sp³-hybridized carbons (Fsp3) is 0.611. The van der Waals surface area contributed by atoms with Gasteiger partial charge in [0.2, 0.25) is 0 Å². The van der Waals surface area contributed by atoms with Crippen LogP contribution in [0.3, 0.4) is 0 Å². The van der Waals surface area contributed by atoms with Crippen LogP contribution >= 0.6 is 0 Å². The average Bonchev–Trinajstić information content (AvgIpc) is 2.96. The Kier molecular flexibility index (Phi) is 5.52. The van der Waals surface area contributed by atoms with E-state index in [2.05, 4.69) is 6.07 Å². The number of ether oxygens (including phenoxy) is 2. The van der Waals surface area contributed by atoms with Crippen molar-refractivity contribution in [3.63, 3.8) is 0 Å². The summed E-state index contributed by atoms with van der Waals surface area (Å²) in [5.41, 5.74) is 6.73. The lowest BCUT2D eigenvalue weighted by molar-refractivity contribution is 0.0286. The Morgan fingerprint density at radius 2 is 2.17 bits per heavy atom. The van der Waals surface area contributed by atoms with Crippen molar-refractivity contribution in [2.75, 3.05) is 26.7 Å². The number of hydrogen-bond acceptors (Lipinski definition) is 4. The predicted molar refractivity (Wildman–Crippen MR) is 90.7 cm³/mol. The molecule has 128 valence electrons. The minimum Gasteiger partial charge on any atom is -0.497 e. The number of nitrogens with two attached hydrogens (primary N) is 1. The van der Waals surface area contributed by atoms with Gasteiger partial charge in [-0.3, -0.25) is 0 Å². The second-order valence-electron chi connectivity index (χ2n) is 7.09. The smallest absolute Gasteiger partial charge is 0.410 e. The minimum absolute atomic E-state index is 0.220. The first kappa shape index (κ1) is 17.6. The van der Waals surface area contributed by atoms with Crippen LogP contribution in [-0.4, -0.2) is 43.3 Å². The van der Waals surface area contributed by atoms with Gasteiger partial charge >= 0.3 is 6.09 Å². The lowest BCUT2D eigenvalue weighted by atomic mass is 9.85. The third-order valence-corrected chi connectivity index (χ3v) is 4.22. The van der Waals surface area contributed by atoms with Crippen molar-refractivity contribution in [1.82, 2.24) is 4.90 Å². The van der Waals surface area contributed by atoms with Crippen molar-refractivity contribution < 1.29 is 14.3 Å². The van der Waals surface area contributed by atoms with Gasteiger partial charge in [-0.05, 0) is 57.4 Å². The number of rotatable bonds is 4. The van der Waals surface area contributed by atoms with Crippen LogP contribution in [-0.2, 0) is 4.74 Å². The third kappa shape index (κ3) is 4.61. The molecule has 1 aliphatic heterocycles. The largest absolute Gasteiger partial charge is 0.497 e. The predicted octanol–water partition coefficient (Wildman–Crippen LogP) is 2.99. The first-order valence-electron chi connectivity index (χ1n) is 8.16. The fourth-order valence-electron chi connectivity index (χ4n) is 3.08. The van der Waals surface area contributed by atoms with E-state index in [0.717, 1.165) is 18.7 Å². The number of likely N-dealkylation sites (tertiary alicyclic amines) is 1. The van der Waals surface area contributed by atoms with Crippen LogP contribution in [0.4, 0.5) is 4.79 Å². The molecule has 2 rings (SSSR count). The van der Waals surface area contributed by atoms with E-state index < -0.39 is 5.60 Å². The standard InChI is InChI=1S/C18H28N2O3/c1-18(2,3)23-17(21)20-9-8-14(12-20)16(11-19)13-6-5-7-15(10-13)22-4/h5-7,10,14,16H,8-9,11-12,19H2,1-4H3. The van der Waals surface area contributed by atoms with E-state index in [1.165, 1.54) is 5.56 Å². The van der Waals surface area contributed by atoms with Gasteiger partial charge < -0.3 is 20.1 Å². The van der Waals surface area contributed by atoms with E-state index in [4.69, 9.17) is 15.2 Å². The van der Waals surface area contributed by atoms with E-state index in [9.17, 15) is 4.79 Å². The Balaban J connectivity index is 2.05. The Hall–Kier alpha value is -1.75. The maximum absolute atomic E-state index is 12.2. The minimum atomic E-state index is -0.463. The molecule has 5 nitrogen and oxygen atoms in total. The number of amides is 1. The van der Waals surface area contributed by atoms with E-state index in [1.807, 2.05) is 39.0 Å². The van der Waals surface area contributed by atoms with E-state index >= 15 is 0 Å². The number of nitrogens with zero attached hydrogens (tertiary/aromatic N) is 1. The molecule has 2 N–H and O–H groups in total. The van der Waals surface area contributed by atoms with Gasteiger partial charge in [-0.1, -0.05) is 12.1 Å². The molecule has 1 aromatic carbocycles. The van der Waals surface area contributed by atoms with Crippen molar-refractivity contribution >= 4 is 6.09 Å². The zero-order valence-corrected chi connectivity index (χ0v) is 14.5. The molecule has 0 aliphatic carbocycles. The quantitative estimate of drug-likeness (QED) is 0.926. The molecular formula is C18H28N2O3. The van der Waals surface area contributed by atoms with Gasteiger partial charge in [0.1, 0.15) is 11.4 Å². The topological polar surface area (TPSA) is 64.8 Å². The van der Waals surface area contributed by atoms with E-state index in [1.54, 1.807) is 12.0 Å². The van der Waals surface area contributed by atoms with Gasteiger partial charge in [-0.2, -0.15) is 0 Å². The first-order chi connectivity index (χ1) is 10.8. The highest BCUT2D eigenvalue weighted by Crippen LogP contribution is 2.33. The maximum Gasteiger partial charge on any atom is 0.410 e. The molecule has 5 heteroatoms. The molecule has 1 aliphatic rings. The second kappa shape index (κ2) is 7.21. The van der Waals surface area contributed by atoms with Crippen LogP contribution in [0.25, 0.3) is 0 Å². The average molecular weight is 320 g/mol. The molecule has 1 amide bonds. The summed E-state index contributed by atoms with van der Waals surface area (Å²) < 4.78 is 10.8. The van der Waals surface area contributed by atoms with Crippen molar-refractivity contribution in [1.29, 1.82) is 0 Å². The summed E-state index contributed by atoms with van der Waals surface area (Å²) in [7, 11) is 1.66. The molecule has 0 radical (unpaired) electrons. The zero-order valence-electron chi connectivity index (χ0n) is 14.5. The normalized spacial score (nSPS) is 19.5. The van der Waals surface area contributed by atoms with Gasteiger partial charge in [0, 0.05) is 19.0 Å². The maximum atomic E-state index is 12.2. The molecule has 1 saturated heterocycles. The summed E-state index contributed by atoms with van der Waals surface area (Å²) >= 11 is 0. The Bertz CT molecular complexity index is 539. The van der Waals surface area contributed by atoms with E-state index in [0.29, 0.717) is 19.0 Å². The molecule has 1 fully saturated rings. The lowest BCUT2D eigenvalue weighted by Gasteiger charge is -2.26. The van der Waals surface area contributed by atoms with Crippen LogP contribution in [0.2, 0.25) is 0 Å². The van der Waals surface area contributed by atoms with Crippen LogP contribution < -0.4 is 10.5 Å². The summed E-state index contributed by atoms with van der Waals surface area (Å²) in [4.78, 5) is 14.0. The second-order valence-corrected chi connectivity index (χ2v) is 7.09. The molecule has 2 atom stereocenters. The monoisotopic (exact) mass is 320 g/mol. The molecule has 0 saturated carbocycles. The molecule has 1 aromatic rings. The third-order valence-electron chi connectivity index (χ3n) is 4.22. The molecule has 0 bridgehead atoms. The number of benzene rings is 1. The Labute approximate surface area is 138 Å². The van der Waals surface area contributed by atoms with Gasteiger partial charge in [0.15, 0.2) is 0 Å². The number of hydrogen-bond donors (Lipinski definition) is 1. The number of methoxy groups -OCH3 is 1. The van der Waals surface area contributed by atoms with Gasteiger partial charge in [0.05, 0.1) is 7.11 Å². The summed E-state index contributed by atoms with van der Waals surface area (Å²) in [6, 6.07) is 8.03. The molecule has 2 unspecified atom stereocenters. The van der Waals surface area contributed by atoms with Crippen LogP contribution in [0, 0.1) is 5.92 Å². The summed E-state index contributed by atoms with van der Waals surface area (Å²) in [5, 5.41) is 0. The van der Waals surface area contributed by atoms with Crippen molar-refractivity contribution in [2.24, 2.45) is 11.7 Å². The highest BCUT2D eigenvalue weighted by molar-refractivity contribution is 5.68. The highest BCUT2D eigenvalue weighted by Gasteiger charge is 2.34. The highest BCUT2D eigenvalue weighted by atomic mass is 16.6. The number of carbonyl (C=O) groups is 1.